The predicted octanol–water partition coefficient (Wildman–Crippen LogP) is 5.97. The van der Waals surface area contributed by atoms with Crippen LogP contribution in [-0.2, 0) is 27.5 Å². The first-order chi connectivity index (χ1) is 16.0. The summed E-state index contributed by atoms with van der Waals surface area (Å²) in [6.07, 6.45) is -0.702. The number of nitrogens with zero attached hydrogens (tertiary/aromatic N) is 1. The van der Waals surface area contributed by atoms with Gasteiger partial charge in [0, 0.05) is 9.75 Å². The van der Waals surface area contributed by atoms with Crippen LogP contribution in [0.3, 0.4) is 0 Å². The lowest BCUT2D eigenvalue weighted by Gasteiger charge is -2.21. The molecule has 4 rings (SSSR count). The Morgan fingerprint density at radius 2 is 1.65 bits per heavy atom. The van der Waals surface area contributed by atoms with E-state index in [1.54, 1.807) is 25.1 Å². The van der Waals surface area contributed by atoms with Crippen LogP contribution in [0, 0.1) is 0 Å². The predicted molar refractivity (Wildman–Crippen MR) is 125 cm³/mol. The van der Waals surface area contributed by atoms with Gasteiger partial charge in [-0.25, -0.2) is 8.42 Å². The SMILES string of the molecule is CCC(C(=O)O)N1Cc2sc(-c3ccc(/C=C/c4ccc(C(F)(F)F)cc4)cc3)cc2S1(=O)=O. The summed E-state index contributed by atoms with van der Waals surface area (Å²) in [4.78, 5) is 13.0. The molecule has 10 heteroatoms. The summed E-state index contributed by atoms with van der Waals surface area (Å²) in [6.45, 7) is 1.68. The zero-order chi connectivity index (χ0) is 24.7. The van der Waals surface area contributed by atoms with E-state index >= 15 is 0 Å². The maximum atomic E-state index is 12.9. The number of halogens is 3. The summed E-state index contributed by atoms with van der Waals surface area (Å²) >= 11 is 1.32. The minimum atomic E-state index is -4.37. The summed E-state index contributed by atoms with van der Waals surface area (Å²) in [5.41, 5.74) is 1.58. The zero-order valence-electron chi connectivity index (χ0n) is 17.9. The first-order valence-corrected chi connectivity index (χ1v) is 12.6. The number of hydrogen-bond donors (Lipinski definition) is 1. The Kier molecular flexibility index (Phi) is 6.41. The second-order valence-corrected chi connectivity index (χ2v) is 10.8. The van der Waals surface area contributed by atoms with Gasteiger partial charge in [0.25, 0.3) is 0 Å². The molecule has 0 amide bonds. The number of carbonyl (C=O) groups is 1. The molecule has 0 fully saturated rings. The van der Waals surface area contributed by atoms with Crippen molar-refractivity contribution in [3.8, 4) is 10.4 Å². The minimum Gasteiger partial charge on any atom is -0.480 e. The summed E-state index contributed by atoms with van der Waals surface area (Å²) in [5.74, 6) is -1.17. The molecule has 0 radical (unpaired) electrons. The third-order valence-electron chi connectivity index (χ3n) is 5.58. The topological polar surface area (TPSA) is 74.7 Å². The van der Waals surface area contributed by atoms with Crippen LogP contribution in [-0.4, -0.2) is 29.8 Å². The fourth-order valence-electron chi connectivity index (χ4n) is 3.75. The van der Waals surface area contributed by atoms with E-state index in [4.69, 9.17) is 0 Å². The van der Waals surface area contributed by atoms with Crippen LogP contribution in [0.25, 0.3) is 22.6 Å². The number of alkyl halides is 3. The number of thiophene rings is 1. The molecule has 2 aromatic carbocycles. The van der Waals surface area contributed by atoms with Crippen LogP contribution in [0.4, 0.5) is 13.2 Å². The molecular formula is C24H20F3NO4S2. The van der Waals surface area contributed by atoms with Gasteiger partial charge in [-0.3, -0.25) is 4.79 Å². The van der Waals surface area contributed by atoms with Gasteiger partial charge in [-0.15, -0.1) is 11.3 Å². The molecule has 178 valence electrons. The Balaban J connectivity index is 1.50. The van der Waals surface area contributed by atoms with E-state index in [1.807, 2.05) is 24.3 Å². The van der Waals surface area contributed by atoms with E-state index in [-0.39, 0.29) is 17.9 Å². The molecule has 0 spiro atoms. The van der Waals surface area contributed by atoms with E-state index < -0.39 is 33.8 Å². The molecule has 3 aromatic rings. The highest BCUT2D eigenvalue weighted by molar-refractivity contribution is 7.89. The Morgan fingerprint density at radius 1 is 1.09 bits per heavy atom. The molecule has 1 aliphatic rings. The van der Waals surface area contributed by atoms with Gasteiger partial charge in [-0.1, -0.05) is 55.5 Å². The molecule has 1 aromatic heterocycles. The number of benzene rings is 2. The van der Waals surface area contributed by atoms with Crippen LogP contribution in [0.2, 0.25) is 0 Å². The molecule has 1 atom stereocenters. The molecule has 0 saturated heterocycles. The Hall–Kier alpha value is -2.95. The van der Waals surface area contributed by atoms with E-state index in [0.717, 1.165) is 32.4 Å². The number of carboxylic acid groups (broad SMARTS) is 1. The fourth-order valence-corrected chi connectivity index (χ4v) is 7.15. The smallest absolute Gasteiger partial charge is 0.416 e. The standard InChI is InChI=1S/C24H20F3NO4S2/c1-2-19(23(29)30)28-14-21-22(34(28,31)32)13-20(33-21)17-9-5-15(6-10-17)3-4-16-7-11-18(12-8-16)24(25,26)27/h3-13,19H,2,14H2,1H3,(H,29,30)/b4-3+. The van der Waals surface area contributed by atoms with Crippen molar-refractivity contribution in [3.63, 3.8) is 0 Å². The Morgan fingerprint density at radius 3 is 2.12 bits per heavy atom. The van der Waals surface area contributed by atoms with Gasteiger partial charge >= 0.3 is 12.1 Å². The van der Waals surface area contributed by atoms with E-state index in [0.29, 0.717) is 10.4 Å². The number of fused-ring (bicyclic) bond motifs is 1. The zero-order valence-corrected chi connectivity index (χ0v) is 19.5. The van der Waals surface area contributed by atoms with Crippen molar-refractivity contribution in [1.29, 1.82) is 0 Å². The van der Waals surface area contributed by atoms with Crippen LogP contribution in [0.1, 0.15) is 34.9 Å². The minimum absolute atomic E-state index is 0.0427. The van der Waals surface area contributed by atoms with Gasteiger partial charge in [0.1, 0.15) is 6.04 Å². The van der Waals surface area contributed by atoms with Gasteiger partial charge in [-0.2, -0.15) is 17.5 Å². The maximum absolute atomic E-state index is 12.9. The second kappa shape index (κ2) is 9.01. The molecule has 1 N–H and O–H groups in total. The number of rotatable bonds is 6. The number of hydrogen-bond acceptors (Lipinski definition) is 4. The molecule has 1 aliphatic heterocycles. The van der Waals surface area contributed by atoms with Crippen molar-refractivity contribution in [2.45, 2.75) is 37.0 Å². The summed E-state index contributed by atoms with van der Waals surface area (Å²) in [6, 6.07) is 12.7. The van der Waals surface area contributed by atoms with Crippen LogP contribution in [0.5, 0.6) is 0 Å². The van der Waals surface area contributed by atoms with Crippen LogP contribution >= 0.6 is 11.3 Å². The summed E-state index contributed by atoms with van der Waals surface area (Å²) in [7, 11) is -3.87. The first-order valence-electron chi connectivity index (χ1n) is 10.3. The lowest BCUT2D eigenvalue weighted by Crippen LogP contribution is -2.40. The van der Waals surface area contributed by atoms with Gasteiger partial charge in [0.2, 0.25) is 10.0 Å². The highest BCUT2D eigenvalue weighted by Crippen LogP contribution is 2.42. The van der Waals surface area contributed by atoms with E-state index in [2.05, 4.69) is 0 Å². The number of carboxylic acids is 1. The van der Waals surface area contributed by atoms with Crippen molar-refractivity contribution in [3.05, 3.63) is 76.2 Å². The maximum Gasteiger partial charge on any atom is 0.416 e. The second-order valence-electron chi connectivity index (χ2n) is 7.79. The molecule has 34 heavy (non-hydrogen) atoms. The number of sulfonamides is 1. The van der Waals surface area contributed by atoms with Gasteiger partial charge in [0.15, 0.2) is 0 Å². The largest absolute Gasteiger partial charge is 0.480 e. The monoisotopic (exact) mass is 507 g/mol. The van der Waals surface area contributed by atoms with Crippen LogP contribution in [0.15, 0.2) is 59.5 Å². The Bertz CT molecular complexity index is 1340. The summed E-state index contributed by atoms with van der Waals surface area (Å²) < 4.78 is 64.8. The Labute approximate surface area is 198 Å². The normalized spacial score (nSPS) is 16.6. The quantitative estimate of drug-likeness (QED) is 0.417. The van der Waals surface area contributed by atoms with E-state index in [9.17, 15) is 31.5 Å². The number of aliphatic carboxylic acids is 1. The average Bonchev–Trinajstić information content (AvgIpc) is 3.31. The molecule has 2 heterocycles. The molecular weight excluding hydrogens is 487 g/mol. The molecule has 1 unspecified atom stereocenters. The lowest BCUT2D eigenvalue weighted by molar-refractivity contribution is -0.141. The molecule has 5 nitrogen and oxygen atoms in total. The highest BCUT2D eigenvalue weighted by atomic mass is 32.2. The molecule has 0 bridgehead atoms. The molecule has 0 saturated carbocycles. The average molecular weight is 508 g/mol. The third-order valence-corrected chi connectivity index (χ3v) is 8.80. The van der Waals surface area contributed by atoms with Crippen molar-refractivity contribution in [1.82, 2.24) is 4.31 Å². The van der Waals surface area contributed by atoms with Crippen molar-refractivity contribution >= 4 is 39.5 Å². The van der Waals surface area contributed by atoms with Crippen molar-refractivity contribution in [2.24, 2.45) is 0 Å². The highest BCUT2D eigenvalue weighted by Gasteiger charge is 2.43. The third kappa shape index (κ3) is 4.66. The molecule has 0 aliphatic carbocycles. The summed E-state index contributed by atoms with van der Waals surface area (Å²) in [5, 5.41) is 9.35. The fraction of sp³-hybridized carbons (Fsp3) is 0.208. The van der Waals surface area contributed by atoms with E-state index in [1.165, 1.54) is 23.5 Å². The van der Waals surface area contributed by atoms with Gasteiger partial charge in [-0.05, 0) is 41.3 Å². The van der Waals surface area contributed by atoms with Crippen molar-refractivity contribution in [2.75, 3.05) is 0 Å². The first kappa shape index (κ1) is 24.2. The lowest BCUT2D eigenvalue weighted by atomic mass is 10.1. The van der Waals surface area contributed by atoms with Gasteiger partial charge < -0.3 is 5.11 Å². The van der Waals surface area contributed by atoms with Gasteiger partial charge in [0.05, 0.1) is 17.0 Å². The van der Waals surface area contributed by atoms with Crippen LogP contribution < -0.4 is 0 Å². The van der Waals surface area contributed by atoms with Crippen molar-refractivity contribution < 1.29 is 31.5 Å².